The summed E-state index contributed by atoms with van der Waals surface area (Å²) in [5, 5.41) is 0. The molecule has 0 spiro atoms. The number of allylic oxidation sites excluding steroid dienone is 1. The number of hydrogen-bond donors (Lipinski definition) is 0. The predicted molar refractivity (Wildman–Crippen MR) is 98.2 cm³/mol. The molecule has 0 aliphatic carbocycles. The van der Waals surface area contributed by atoms with Crippen LogP contribution in [0, 0.1) is 11.6 Å². The van der Waals surface area contributed by atoms with Crippen molar-refractivity contribution in [1.29, 1.82) is 0 Å². The molecular formula is C20H25F2N3O. The highest BCUT2D eigenvalue weighted by molar-refractivity contribution is 5.90. The quantitative estimate of drug-likeness (QED) is 0.799. The van der Waals surface area contributed by atoms with Gasteiger partial charge >= 0.3 is 0 Å². The molecule has 0 unspecified atom stereocenters. The van der Waals surface area contributed by atoms with E-state index >= 15 is 0 Å². The second kappa shape index (κ2) is 6.74. The lowest BCUT2D eigenvalue weighted by atomic mass is 10.1. The van der Waals surface area contributed by atoms with Gasteiger partial charge in [-0.1, -0.05) is 0 Å². The van der Waals surface area contributed by atoms with Crippen molar-refractivity contribution >= 4 is 5.90 Å². The molecule has 1 saturated heterocycles. The Kier molecular flexibility index (Phi) is 4.78. The van der Waals surface area contributed by atoms with E-state index in [4.69, 9.17) is 4.74 Å². The van der Waals surface area contributed by atoms with E-state index in [1.54, 1.807) is 0 Å². The van der Waals surface area contributed by atoms with Crippen LogP contribution in [0.1, 0.15) is 40.2 Å². The van der Waals surface area contributed by atoms with Crippen molar-refractivity contribution in [1.82, 2.24) is 9.80 Å². The molecule has 3 rings (SSSR count). The molecule has 140 valence electrons. The summed E-state index contributed by atoms with van der Waals surface area (Å²) in [4.78, 5) is 9.14. The Bertz CT molecular complexity index is 787. The first-order chi connectivity index (χ1) is 12.2. The Morgan fingerprint density at radius 1 is 1.19 bits per heavy atom. The second-order valence-corrected chi connectivity index (χ2v) is 7.49. The van der Waals surface area contributed by atoms with Crippen LogP contribution in [0.2, 0.25) is 0 Å². The standard InChI is InChI=1S/C20H25F2N3O/c1-6-25-18-10-17(26-11-14-7-15(21)9-16(22)8-14)23-19(13(2)3)24(18)12-20(25,4)5/h7-10H,6,11-12H2,1-5H3. The molecule has 4 nitrogen and oxygen atoms in total. The molecule has 0 radical (unpaired) electrons. The molecule has 1 aromatic carbocycles. The monoisotopic (exact) mass is 361 g/mol. The summed E-state index contributed by atoms with van der Waals surface area (Å²) in [5.41, 5.74) is 1.50. The highest BCUT2D eigenvalue weighted by Gasteiger charge is 2.42. The molecule has 0 aromatic heterocycles. The van der Waals surface area contributed by atoms with E-state index in [-0.39, 0.29) is 12.1 Å². The van der Waals surface area contributed by atoms with Gasteiger partial charge < -0.3 is 14.5 Å². The minimum atomic E-state index is -0.613. The Morgan fingerprint density at radius 2 is 1.85 bits per heavy atom. The third-order valence-electron chi connectivity index (χ3n) is 4.63. The number of likely N-dealkylation sites (N-methyl/N-ethyl adjacent to an activating group) is 1. The van der Waals surface area contributed by atoms with Crippen LogP contribution in [0.25, 0.3) is 0 Å². The Labute approximate surface area is 153 Å². The number of nitrogens with zero attached hydrogens (tertiary/aromatic N) is 3. The molecule has 2 aliphatic rings. The van der Waals surface area contributed by atoms with Gasteiger partial charge in [0.15, 0.2) is 0 Å². The van der Waals surface area contributed by atoms with Gasteiger partial charge in [0.2, 0.25) is 5.90 Å². The number of rotatable bonds is 3. The number of ether oxygens (including phenoxy) is 1. The van der Waals surface area contributed by atoms with Crippen molar-refractivity contribution in [2.45, 2.75) is 46.8 Å². The average Bonchev–Trinajstić information content (AvgIpc) is 2.80. The lowest BCUT2D eigenvalue weighted by Crippen LogP contribution is -2.39. The zero-order valence-corrected chi connectivity index (χ0v) is 15.9. The fourth-order valence-corrected chi connectivity index (χ4v) is 3.55. The maximum absolute atomic E-state index is 13.4. The summed E-state index contributed by atoms with van der Waals surface area (Å²) in [6, 6.07) is 3.39. The molecule has 26 heavy (non-hydrogen) atoms. The van der Waals surface area contributed by atoms with Gasteiger partial charge in [-0.3, -0.25) is 0 Å². The zero-order valence-electron chi connectivity index (χ0n) is 15.9. The SMILES string of the molecule is CCN1C2=CC(OCc3cc(F)cc(F)c3)=NC(=C(C)C)N2CC1(C)C. The molecule has 2 aliphatic heterocycles. The molecule has 0 amide bonds. The minimum Gasteiger partial charge on any atom is -0.473 e. The van der Waals surface area contributed by atoms with E-state index in [1.807, 2.05) is 19.9 Å². The van der Waals surface area contributed by atoms with E-state index < -0.39 is 11.6 Å². The first-order valence-electron chi connectivity index (χ1n) is 8.82. The van der Waals surface area contributed by atoms with Crippen LogP contribution >= 0.6 is 0 Å². The Morgan fingerprint density at radius 3 is 2.42 bits per heavy atom. The summed E-state index contributed by atoms with van der Waals surface area (Å²) in [6.45, 7) is 12.3. The van der Waals surface area contributed by atoms with Crippen LogP contribution in [0.3, 0.4) is 0 Å². The lowest BCUT2D eigenvalue weighted by Gasteiger charge is -2.32. The summed E-state index contributed by atoms with van der Waals surface area (Å²) in [7, 11) is 0. The Hall–Kier alpha value is -2.37. The van der Waals surface area contributed by atoms with Gasteiger partial charge in [-0.2, -0.15) is 4.99 Å². The van der Waals surface area contributed by atoms with Crippen molar-refractivity contribution in [2.24, 2.45) is 4.99 Å². The molecule has 1 fully saturated rings. The van der Waals surface area contributed by atoms with Gasteiger partial charge in [0.05, 0.1) is 5.54 Å². The first-order valence-corrected chi connectivity index (χ1v) is 8.82. The van der Waals surface area contributed by atoms with Gasteiger partial charge in [-0.05, 0) is 57.9 Å². The normalized spacial score (nSPS) is 18.5. The molecular weight excluding hydrogens is 336 g/mol. The van der Waals surface area contributed by atoms with Crippen LogP contribution in [0.5, 0.6) is 0 Å². The molecule has 0 atom stereocenters. The fourth-order valence-electron chi connectivity index (χ4n) is 3.55. The first kappa shape index (κ1) is 18.4. The smallest absolute Gasteiger partial charge is 0.219 e. The number of halogens is 2. The van der Waals surface area contributed by atoms with Crippen molar-refractivity contribution in [3.05, 3.63) is 58.7 Å². The van der Waals surface area contributed by atoms with Gasteiger partial charge in [0.1, 0.15) is 29.9 Å². The third kappa shape index (κ3) is 3.45. The van der Waals surface area contributed by atoms with Gasteiger partial charge in [-0.25, -0.2) is 8.78 Å². The van der Waals surface area contributed by atoms with Crippen molar-refractivity contribution in [2.75, 3.05) is 13.1 Å². The van der Waals surface area contributed by atoms with Crippen molar-refractivity contribution < 1.29 is 13.5 Å². The molecule has 1 aromatic rings. The maximum atomic E-state index is 13.4. The summed E-state index contributed by atoms with van der Waals surface area (Å²) < 4.78 is 32.5. The fraction of sp³-hybridized carbons (Fsp3) is 0.450. The zero-order chi connectivity index (χ0) is 19.1. The largest absolute Gasteiger partial charge is 0.473 e. The van der Waals surface area contributed by atoms with Crippen LogP contribution in [-0.2, 0) is 11.3 Å². The number of hydrogen-bond acceptors (Lipinski definition) is 4. The highest BCUT2D eigenvalue weighted by atomic mass is 19.1. The predicted octanol–water partition coefficient (Wildman–Crippen LogP) is 4.40. The molecule has 0 bridgehead atoms. The van der Waals surface area contributed by atoms with E-state index in [1.165, 1.54) is 12.1 Å². The van der Waals surface area contributed by atoms with Crippen LogP contribution in [-0.4, -0.2) is 34.3 Å². The van der Waals surface area contributed by atoms with Crippen molar-refractivity contribution in [3.63, 3.8) is 0 Å². The number of benzene rings is 1. The van der Waals surface area contributed by atoms with E-state index in [2.05, 4.69) is 35.6 Å². The number of fused-ring (bicyclic) bond motifs is 1. The minimum absolute atomic E-state index is 0.0159. The van der Waals surface area contributed by atoms with Crippen LogP contribution < -0.4 is 0 Å². The highest BCUT2D eigenvalue weighted by Crippen LogP contribution is 2.38. The van der Waals surface area contributed by atoms with E-state index in [0.29, 0.717) is 11.5 Å². The Balaban J connectivity index is 1.88. The maximum Gasteiger partial charge on any atom is 0.219 e. The second-order valence-electron chi connectivity index (χ2n) is 7.49. The summed E-state index contributed by atoms with van der Waals surface area (Å²) in [5.74, 6) is 1.14. The van der Waals surface area contributed by atoms with Crippen LogP contribution in [0.4, 0.5) is 8.78 Å². The van der Waals surface area contributed by atoms with E-state index in [0.717, 1.165) is 36.4 Å². The number of aliphatic imine (C=N–C) groups is 1. The van der Waals surface area contributed by atoms with Crippen LogP contribution in [0.15, 0.2) is 46.5 Å². The lowest BCUT2D eigenvalue weighted by molar-refractivity contribution is 0.227. The van der Waals surface area contributed by atoms with Gasteiger partial charge in [-0.15, -0.1) is 0 Å². The topological polar surface area (TPSA) is 28.1 Å². The van der Waals surface area contributed by atoms with Gasteiger partial charge in [0, 0.05) is 25.2 Å². The van der Waals surface area contributed by atoms with E-state index in [9.17, 15) is 8.78 Å². The third-order valence-corrected chi connectivity index (χ3v) is 4.63. The summed E-state index contributed by atoms with van der Waals surface area (Å²) >= 11 is 0. The molecule has 0 saturated carbocycles. The molecule has 2 heterocycles. The summed E-state index contributed by atoms with van der Waals surface area (Å²) in [6.07, 6.45) is 1.90. The average molecular weight is 361 g/mol. The van der Waals surface area contributed by atoms with Gasteiger partial charge in [0.25, 0.3) is 0 Å². The molecule has 6 heteroatoms. The molecule has 0 N–H and O–H groups in total. The van der Waals surface area contributed by atoms with Crippen molar-refractivity contribution in [3.8, 4) is 0 Å².